The van der Waals surface area contributed by atoms with Gasteiger partial charge in [0.2, 0.25) is 5.91 Å². The first-order valence-electron chi connectivity index (χ1n) is 7.37. The van der Waals surface area contributed by atoms with Crippen molar-refractivity contribution >= 4 is 50.2 Å². The molecule has 0 spiro atoms. The summed E-state index contributed by atoms with van der Waals surface area (Å²) in [5.41, 5.74) is 1.85. The molecule has 0 saturated heterocycles. The quantitative estimate of drug-likeness (QED) is 0.578. The Morgan fingerprint density at radius 3 is 2.76 bits per heavy atom. The van der Waals surface area contributed by atoms with Crippen LogP contribution >= 0.6 is 27.7 Å². The Kier molecular flexibility index (Phi) is 5.34. The summed E-state index contributed by atoms with van der Waals surface area (Å²) in [7, 11) is 0. The Balaban J connectivity index is 1.71. The molecule has 0 aliphatic heterocycles. The van der Waals surface area contributed by atoms with E-state index in [2.05, 4.69) is 26.2 Å². The molecule has 0 unspecified atom stereocenters. The van der Waals surface area contributed by atoms with Gasteiger partial charge in [-0.05, 0) is 46.6 Å². The summed E-state index contributed by atoms with van der Waals surface area (Å²) in [5, 5.41) is 4.23. The molecule has 1 heterocycles. The molecule has 7 heteroatoms. The number of hydrogen-bond acceptors (Lipinski definition) is 3. The monoisotopic (exact) mass is 422 g/mol. The van der Waals surface area contributed by atoms with E-state index in [-0.39, 0.29) is 15.9 Å². The fraction of sp³-hybridized carbons (Fsp3) is 0.111. The van der Waals surface area contributed by atoms with Gasteiger partial charge in [-0.15, -0.1) is 0 Å². The smallest absolute Gasteiger partial charge is 0.234 e. The first-order chi connectivity index (χ1) is 11.9. The van der Waals surface area contributed by atoms with Crippen molar-refractivity contribution < 1.29 is 13.6 Å². The minimum atomic E-state index is -0.829. The topological polar surface area (TPSA) is 42.0 Å². The van der Waals surface area contributed by atoms with Crippen LogP contribution in [0.2, 0.25) is 0 Å². The van der Waals surface area contributed by atoms with Gasteiger partial charge in [-0.25, -0.2) is 13.8 Å². The summed E-state index contributed by atoms with van der Waals surface area (Å²) in [4.78, 5) is 16.6. The van der Waals surface area contributed by atoms with Gasteiger partial charge in [-0.3, -0.25) is 4.79 Å². The van der Waals surface area contributed by atoms with Gasteiger partial charge in [0.05, 0.1) is 22.0 Å². The van der Waals surface area contributed by atoms with Crippen LogP contribution in [0.4, 0.5) is 14.5 Å². The molecule has 0 aliphatic carbocycles. The van der Waals surface area contributed by atoms with Crippen LogP contribution in [0, 0.1) is 18.6 Å². The van der Waals surface area contributed by atoms with Gasteiger partial charge in [-0.1, -0.05) is 30.0 Å². The molecule has 0 radical (unpaired) electrons. The summed E-state index contributed by atoms with van der Waals surface area (Å²) in [6.45, 7) is 1.99. The summed E-state index contributed by atoms with van der Waals surface area (Å²) >= 11 is 4.30. The lowest BCUT2D eigenvalue weighted by Gasteiger charge is -2.09. The van der Waals surface area contributed by atoms with Gasteiger partial charge in [0.1, 0.15) is 5.82 Å². The number of carbonyl (C=O) groups excluding carboxylic acids is 1. The minimum absolute atomic E-state index is 0.0635. The molecule has 0 atom stereocenters. The maximum absolute atomic E-state index is 13.8. The van der Waals surface area contributed by atoms with E-state index in [1.807, 2.05) is 37.3 Å². The summed E-state index contributed by atoms with van der Waals surface area (Å²) < 4.78 is 27.0. The van der Waals surface area contributed by atoms with Gasteiger partial charge in [0.15, 0.2) is 5.82 Å². The van der Waals surface area contributed by atoms with Crippen LogP contribution in [0.1, 0.15) is 5.56 Å². The molecule has 3 nitrogen and oxygen atoms in total. The van der Waals surface area contributed by atoms with Crippen LogP contribution in [0.15, 0.2) is 52.0 Å². The molecule has 1 N–H and O–H groups in total. The lowest BCUT2D eigenvalue weighted by Crippen LogP contribution is -2.15. The second-order valence-corrected chi connectivity index (χ2v) is 7.23. The predicted molar refractivity (Wildman–Crippen MR) is 99.9 cm³/mol. The van der Waals surface area contributed by atoms with E-state index in [9.17, 15) is 13.6 Å². The van der Waals surface area contributed by atoms with Crippen molar-refractivity contribution in [2.24, 2.45) is 0 Å². The normalized spacial score (nSPS) is 10.9. The highest BCUT2D eigenvalue weighted by molar-refractivity contribution is 9.10. The lowest BCUT2D eigenvalue weighted by atomic mass is 10.1. The Bertz CT molecular complexity index is 942. The van der Waals surface area contributed by atoms with Crippen LogP contribution in [0.5, 0.6) is 0 Å². The van der Waals surface area contributed by atoms with Crippen LogP contribution in [0.3, 0.4) is 0 Å². The van der Waals surface area contributed by atoms with Crippen molar-refractivity contribution in [3.63, 3.8) is 0 Å². The number of rotatable bonds is 4. The SMILES string of the molecule is Cc1cc(SCC(=O)Nc2c(F)cc(F)cc2Br)nc2ccccc12. The molecule has 1 amide bonds. The highest BCUT2D eigenvalue weighted by Gasteiger charge is 2.13. The summed E-state index contributed by atoms with van der Waals surface area (Å²) in [6, 6.07) is 11.5. The number of aryl methyl sites for hydroxylation is 1. The Morgan fingerprint density at radius 2 is 2.00 bits per heavy atom. The molecule has 0 aliphatic rings. The van der Waals surface area contributed by atoms with Crippen molar-refractivity contribution in [3.05, 3.63) is 64.1 Å². The molecule has 128 valence electrons. The van der Waals surface area contributed by atoms with Gasteiger partial charge in [0.25, 0.3) is 0 Å². The molecule has 0 saturated carbocycles. The molecule has 3 aromatic rings. The zero-order chi connectivity index (χ0) is 18.0. The molecular weight excluding hydrogens is 410 g/mol. The Labute approximate surface area is 156 Å². The Hall–Kier alpha value is -1.99. The molecule has 1 aromatic heterocycles. The number of hydrogen-bond donors (Lipinski definition) is 1. The number of carbonyl (C=O) groups is 1. The van der Waals surface area contributed by atoms with E-state index in [4.69, 9.17) is 0 Å². The van der Waals surface area contributed by atoms with E-state index in [1.54, 1.807) is 0 Å². The second kappa shape index (κ2) is 7.49. The van der Waals surface area contributed by atoms with Gasteiger partial charge >= 0.3 is 0 Å². The number of nitrogens with one attached hydrogen (secondary N) is 1. The van der Waals surface area contributed by atoms with Gasteiger partial charge in [0, 0.05) is 15.9 Å². The second-order valence-electron chi connectivity index (χ2n) is 5.38. The third kappa shape index (κ3) is 4.16. The zero-order valence-corrected chi connectivity index (χ0v) is 15.5. The van der Waals surface area contributed by atoms with E-state index < -0.39 is 17.5 Å². The minimum Gasteiger partial charge on any atom is -0.322 e. The number of thioether (sulfide) groups is 1. The number of fused-ring (bicyclic) bond motifs is 1. The molecular formula is C18H13BrF2N2OS. The molecule has 2 aromatic carbocycles. The maximum Gasteiger partial charge on any atom is 0.234 e. The molecule has 0 bridgehead atoms. The molecule has 25 heavy (non-hydrogen) atoms. The fourth-order valence-corrected chi connectivity index (χ4v) is 3.65. The number of aromatic nitrogens is 1. The molecule has 0 fully saturated rings. The summed E-state index contributed by atoms with van der Waals surface area (Å²) in [6.07, 6.45) is 0. The number of anilines is 1. The lowest BCUT2D eigenvalue weighted by molar-refractivity contribution is -0.113. The van der Waals surface area contributed by atoms with Gasteiger partial charge in [-0.2, -0.15) is 0 Å². The first-order valence-corrected chi connectivity index (χ1v) is 9.15. The Morgan fingerprint density at radius 1 is 1.24 bits per heavy atom. The maximum atomic E-state index is 13.8. The average molecular weight is 423 g/mol. The average Bonchev–Trinajstić information content (AvgIpc) is 2.56. The van der Waals surface area contributed by atoms with E-state index in [0.717, 1.165) is 28.6 Å². The third-order valence-corrected chi connectivity index (χ3v) is 5.06. The van der Waals surface area contributed by atoms with Crippen molar-refractivity contribution in [3.8, 4) is 0 Å². The molecule has 3 rings (SSSR count). The standard InChI is InChI=1S/C18H13BrF2N2OS/c1-10-6-17(22-15-5-3-2-4-12(10)15)25-9-16(24)23-18-13(19)7-11(20)8-14(18)21/h2-8H,9H2,1H3,(H,23,24). The predicted octanol–water partition coefficient (Wildman–Crippen LogP) is 5.31. The van der Waals surface area contributed by atoms with E-state index in [1.165, 1.54) is 11.8 Å². The summed E-state index contributed by atoms with van der Waals surface area (Å²) in [5.74, 6) is -1.88. The highest BCUT2D eigenvalue weighted by atomic mass is 79.9. The fourth-order valence-electron chi connectivity index (χ4n) is 2.37. The number of benzene rings is 2. The van der Waals surface area contributed by atoms with Gasteiger partial charge < -0.3 is 5.32 Å². The first kappa shape index (κ1) is 17.8. The zero-order valence-electron chi connectivity index (χ0n) is 13.1. The van der Waals surface area contributed by atoms with E-state index in [0.29, 0.717) is 5.03 Å². The van der Waals surface area contributed by atoms with Crippen molar-refractivity contribution in [2.45, 2.75) is 11.9 Å². The van der Waals surface area contributed by atoms with Crippen molar-refractivity contribution in [2.75, 3.05) is 11.1 Å². The largest absolute Gasteiger partial charge is 0.322 e. The van der Waals surface area contributed by atoms with Crippen LogP contribution in [0.25, 0.3) is 10.9 Å². The third-order valence-electron chi connectivity index (χ3n) is 3.52. The van der Waals surface area contributed by atoms with Crippen LogP contribution < -0.4 is 5.32 Å². The number of halogens is 3. The number of pyridine rings is 1. The number of para-hydroxylation sites is 1. The van der Waals surface area contributed by atoms with Crippen LogP contribution in [-0.2, 0) is 4.79 Å². The van der Waals surface area contributed by atoms with Crippen LogP contribution in [-0.4, -0.2) is 16.6 Å². The van der Waals surface area contributed by atoms with E-state index >= 15 is 0 Å². The van der Waals surface area contributed by atoms with Crippen molar-refractivity contribution in [1.29, 1.82) is 0 Å². The number of amides is 1. The number of nitrogens with zero attached hydrogens (tertiary/aromatic N) is 1. The van der Waals surface area contributed by atoms with Crippen molar-refractivity contribution in [1.82, 2.24) is 4.98 Å². The highest BCUT2D eigenvalue weighted by Crippen LogP contribution is 2.28.